The quantitative estimate of drug-likeness (QED) is 0.865. The van der Waals surface area contributed by atoms with Gasteiger partial charge in [0.2, 0.25) is 0 Å². The normalized spacial score (nSPS) is 12.4. The van der Waals surface area contributed by atoms with Crippen LogP contribution in [0.1, 0.15) is 12.5 Å². The molecule has 0 aliphatic rings. The molecule has 1 unspecified atom stereocenters. The van der Waals surface area contributed by atoms with Crippen LogP contribution in [0.2, 0.25) is 0 Å². The van der Waals surface area contributed by atoms with Crippen molar-refractivity contribution < 1.29 is 0 Å². The van der Waals surface area contributed by atoms with Crippen molar-refractivity contribution >= 4 is 39.7 Å². The van der Waals surface area contributed by atoms with Gasteiger partial charge in [0.25, 0.3) is 0 Å². The molecule has 16 heavy (non-hydrogen) atoms. The van der Waals surface area contributed by atoms with Crippen LogP contribution in [-0.2, 0) is 6.42 Å². The second-order valence-electron chi connectivity index (χ2n) is 3.60. The molecule has 0 aliphatic heterocycles. The fourth-order valence-electron chi connectivity index (χ4n) is 1.47. The van der Waals surface area contributed by atoms with Crippen molar-refractivity contribution in [2.75, 3.05) is 5.32 Å². The van der Waals surface area contributed by atoms with Crippen molar-refractivity contribution in [3.8, 4) is 0 Å². The van der Waals surface area contributed by atoms with E-state index in [1.807, 2.05) is 6.20 Å². The molecule has 2 heterocycles. The molecule has 0 radical (unpaired) electrons. The summed E-state index contributed by atoms with van der Waals surface area (Å²) in [4.78, 5) is 8.19. The molecule has 0 bridgehead atoms. The Labute approximate surface area is 112 Å². The molecular formula is C11H12IN3S. The van der Waals surface area contributed by atoms with Gasteiger partial charge < -0.3 is 5.32 Å². The Morgan fingerprint density at radius 3 is 3.12 bits per heavy atom. The van der Waals surface area contributed by atoms with Crippen molar-refractivity contribution in [3.63, 3.8) is 0 Å². The van der Waals surface area contributed by atoms with Crippen LogP contribution in [0.15, 0.2) is 29.4 Å². The standard InChI is InChI=1S/C11H12IN3S/c1-8(4-9-2-3-16-6-9)15-11-10(12)5-13-7-14-11/h2-3,5-8H,4H2,1H3,(H,13,14,15). The molecule has 2 aromatic rings. The first-order valence-corrected chi connectivity index (χ1v) is 7.01. The molecule has 0 saturated heterocycles. The fourth-order valence-corrected chi connectivity index (χ4v) is 2.60. The van der Waals surface area contributed by atoms with Crippen molar-refractivity contribution in [3.05, 3.63) is 38.5 Å². The lowest BCUT2D eigenvalue weighted by atomic mass is 10.1. The summed E-state index contributed by atoms with van der Waals surface area (Å²) in [5.74, 6) is 0.915. The van der Waals surface area contributed by atoms with Gasteiger partial charge >= 0.3 is 0 Å². The monoisotopic (exact) mass is 345 g/mol. The largest absolute Gasteiger partial charge is 0.366 e. The van der Waals surface area contributed by atoms with E-state index in [1.54, 1.807) is 17.7 Å². The summed E-state index contributed by atoms with van der Waals surface area (Å²) in [6.07, 6.45) is 4.40. The molecular weight excluding hydrogens is 333 g/mol. The minimum Gasteiger partial charge on any atom is -0.366 e. The lowest BCUT2D eigenvalue weighted by Gasteiger charge is -2.14. The number of halogens is 1. The van der Waals surface area contributed by atoms with Gasteiger partial charge in [0.1, 0.15) is 12.1 Å². The summed E-state index contributed by atoms with van der Waals surface area (Å²) < 4.78 is 1.05. The number of rotatable bonds is 4. The first-order chi connectivity index (χ1) is 7.75. The van der Waals surface area contributed by atoms with E-state index in [0.717, 1.165) is 15.8 Å². The van der Waals surface area contributed by atoms with Crippen LogP contribution in [0.3, 0.4) is 0 Å². The van der Waals surface area contributed by atoms with Crippen LogP contribution >= 0.6 is 33.9 Å². The van der Waals surface area contributed by atoms with Gasteiger partial charge in [-0.15, -0.1) is 0 Å². The lowest BCUT2D eigenvalue weighted by Crippen LogP contribution is -2.19. The average molecular weight is 345 g/mol. The third-order valence-electron chi connectivity index (χ3n) is 2.17. The second kappa shape index (κ2) is 5.58. The highest BCUT2D eigenvalue weighted by Crippen LogP contribution is 2.15. The third-order valence-corrected chi connectivity index (χ3v) is 3.69. The Morgan fingerprint density at radius 1 is 1.56 bits per heavy atom. The molecule has 0 amide bonds. The van der Waals surface area contributed by atoms with E-state index < -0.39 is 0 Å². The zero-order chi connectivity index (χ0) is 11.4. The molecule has 2 rings (SSSR count). The topological polar surface area (TPSA) is 37.8 Å². The number of aromatic nitrogens is 2. The van der Waals surface area contributed by atoms with Crippen LogP contribution in [0.5, 0.6) is 0 Å². The first kappa shape index (κ1) is 11.8. The highest BCUT2D eigenvalue weighted by atomic mass is 127. The van der Waals surface area contributed by atoms with E-state index in [1.165, 1.54) is 5.56 Å². The maximum Gasteiger partial charge on any atom is 0.143 e. The predicted octanol–water partition coefficient (Wildman–Crippen LogP) is 3.19. The van der Waals surface area contributed by atoms with Crippen LogP contribution < -0.4 is 5.32 Å². The molecule has 0 fully saturated rings. The zero-order valence-corrected chi connectivity index (χ0v) is 11.8. The molecule has 2 aromatic heterocycles. The van der Waals surface area contributed by atoms with E-state index in [2.05, 4.69) is 61.6 Å². The van der Waals surface area contributed by atoms with E-state index >= 15 is 0 Å². The Hall–Kier alpha value is -0.690. The Kier molecular flexibility index (Phi) is 4.11. The molecule has 1 atom stereocenters. The van der Waals surface area contributed by atoms with Crippen LogP contribution in [-0.4, -0.2) is 16.0 Å². The minimum atomic E-state index is 0.373. The van der Waals surface area contributed by atoms with Gasteiger partial charge in [0, 0.05) is 12.2 Å². The third kappa shape index (κ3) is 3.15. The van der Waals surface area contributed by atoms with Crippen molar-refractivity contribution in [2.45, 2.75) is 19.4 Å². The Morgan fingerprint density at radius 2 is 2.44 bits per heavy atom. The first-order valence-electron chi connectivity index (χ1n) is 4.99. The van der Waals surface area contributed by atoms with Gasteiger partial charge in [0.05, 0.1) is 3.57 Å². The molecule has 0 saturated carbocycles. The SMILES string of the molecule is CC(Cc1ccsc1)Nc1ncncc1I. The Balaban J connectivity index is 1.97. The average Bonchev–Trinajstić information content (AvgIpc) is 2.74. The molecule has 84 valence electrons. The van der Waals surface area contributed by atoms with Gasteiger partial charge in [-0.3, -0.25) is 0 Å². The van der Waals surface area contributed by atoms with Crippen LogP contribution in [0, 0.1) is 3.57 Å². The van der Waals surface area contributed by atoms with E-state index in [4.69, 9.17) is 0 Å². The Bertz CT molecular complexity index is 444. The molecule has 5 heteroatoms. The number of nitrogens with one attached hydrogen (secondary N) is 1. The predicted molar refractivity (Wildman–Crippen MR) is 75.9 cm³/mol. The van der Waals surface area contributed by atoms with Crippen LogP contribution in [0.25, 0.3) is 0 Å². The highest BCUT2D eigenvalue weighted by Gasteiger charge is 2.07. The number of nitrogens with zero attached hydrogens (tertiary/aromatic N) is 2. The highest BCUT2D eigenvalue weighted by molar-refractivity contribution is 14.1. The van der Waals surface area contributed by atoms with Gasteiger partial charge in [0.15, 0.2) is 0 Å². The van der Waals surface area contributed by atoms with E-state index in [-0.39, 0.29) is 0 Å². The van der Waals surface area contributed by atoms with Crippen molar-refractivity contribution in [2.24, 2.45) is 0 Å². The van der Waals surface area contributed by atoms with Crippen molar-refractivity contribution in [1.82, 2.24) is 9.97 Å². The molecule has 1 N–H and O–H groups in total. The number of thiophene rings is 1. The molecule has 0 aromatic carbocycles. The van der Waals surface area contributed by atoms with Gasteiger partial charge in [-0.25, -0.2) is 9.97 Å². The summed E-state index contributed by atoms with van der Waals surface area (Å²) in [5.41, 5.74) is 1.37. The molecule has 3 nitrogen and oxygen atoms in total. The zero-order valence-electron chi connectivity index (χ0n) is 8.85. The van der Waals surface area contributed by atoms with Gasteiger partial charge in [-0.1, -0.05) is 0 Å². The molecule has 0 spiro atoms. The number of hydrogen-bond acceptors (Lipinski definition) is 4. The van der Waals surface area contributed by atoms with Gasteiger partial charge in [-0.05, 0) is 58.3 Å². The summed E-state index contributed by atoms with van der Waals surface area (Å²) in [6, 6.07) is 2.53. The van der Waals surface area contributed by atoms with Crippen LogP contribution in [0.4, 0.5) is 5.82 Å². The summed E-state index contributed by atoms with van der Waals surface area (Å²) in [6.45, 7) is 2.16. The minimum absolute atomic E-state index is 0.373. The summed E-state index contributed by atoms with van der Waals surface area (Å²) >= 11 is 3.97. The van der Waals surface area contributed by atoms with Crippen molar-refractivity contribution in [1.29, 1.82) is 0 Å². The fraction of sp³-hybridized carbons (Fsp3) is 0.273. The number of anilines is 1. The second-order valence-corrected chi connectivity index (χ2v) is 5.54. The maximum absolute atomic E-state index is 4.22. The molecule has 0 aliphatic carbocycles. The maximum atomic E-state index is 4.22. The van der Waals surface area contributed by atoms with E-state index in [9.17, 15) is 0 Å². The lowest BCUT2D eigenvalue weighted by molar-refractivity contribution is 0.784. The van der Waals surface area contributed by atoms with E-state index in [0.29, 0.717) is 6.04 Å². The summed E-state index contributed by atoms with van der Waals surface area (Å²) in [7, 11) is 0. The number of hydrogen-bond donors (Lipinski definition) is 1. The smallest absolute Gasteiger partial charge is 0.143 e. The van der Waals surface area contributed by atoms with Gasteiger partial charge in [-0.2, -0.15) is 11.3 Å². The summed E-state index contributed by atoms with van der Waals surface area (Å²) in [5, 5.41) is 7.69.